The molecule has 0 aliphatic carbocycles. The van der Waals surface area contributed by atoms with Gasteiger partial charge in [0.25, 0.3) is 0 Å². The molecule has 110 valence electrons. The van der Waals surface area contributed by atoms with Crippen LogP contribution in [0.25, 0.3) is 0 Å². The fraction of sp³-hybridized carbons (Fsp3) is 0.312. The maximum Gasteiger partial charge on any atom is 0.354 e. The first-order valence-electron chi connectivity index (χ1n) is 6.88. The van der Waals surface area contributed by atoms with Gasteiger partial charge in [-0.3, -0.25) is 0 Å². The number of hydrogen-bond donors (Lipinski definition) is 1. The molecular formula is C16H18N2O3. The number of methoxy groups -OCH3 is 2. The van der Waals surface area contributed by atoms with Gasteiger partial charge in [0, 0.05) is 25.0 Å². The molecule has 0 saturated heterocycles. The molecule has 0 radical (unpaired) electrons. The summed E-state index contributed by atoms with van der Waals surface area (Å²) in [5.41, 5.74) is 4.09. The summed E-state index contributed by atoms with van der Waals surface area (Å²) < 4.78 is 9.96. The van der Waals surface area contributed by atoms with Crippen LogP contribution < -0.4 is 9.64 Å². The number of anilines is 1. The Morgan fingerprint density at radius 3 is 2.95 bits per heavy atom. The number of nitrogens with zero attached hydrogens (tertiary/aromatic N) is 1. The van der Waals surface area contributed by atoms with E-state index in [0.717, 1.165) is 30.8 Å². The van der Waals surface area contributed by atoms with Gasteiger partial charge >= 0.3 is 5.97 Å². The molecule has 1 aromatic heterocycles. The highest BCUT2D eigenvalue weighted by atomic mass is 16.5. The van der Waals surface area contributed by atoms with Crippen LogP contribution in [-0.2, 0) is 17.7 Å². The van der Waals surface area contributed by atoms with E-state index in [1.54, 1.807) is 7.11 Å². The number of nitrogens with one attached hydrogen (secondary N) is 1. The van der Waals surface area contributed by atoms with E-state index in [1.165, 1.54) is 18.4 Å². The summed E-state index contributed by atoms with van der Waals surface area (Å²) in [7, 11) is 3.07. The lowest BCUT2D eigenvalue weighted by Crippen LogP contribution is -2.19. The van der Waals surface area contributed by atoms with Crippen LogP contribution in [0.1, 0.15) is 21.6 Å². The van der Waals surface area contributed by atoms with Crippen LogP contribution in [0.2, 0.25) is 0 Å². The molecule has 21 heavy (non-hydrogen) atoms. The highest BCUT2D eigenvalue weighted by Gasteiger charge is 2.20. The number of aromatic nitrogens is 1. The number of carbonyl (C=O) groups excluding carboxylic acids is 1. The Hall–Kier alpha value is -2.43. The number of aromatic amines is 1. The van der Waals surface area contributed by atoms with Crippen LogP contribution in [0.3, 0.4) is 0 Å². The van der Waals surface area contributed by atoms with Gasteiger partial charge in [-0.2, -0.15) is 0 Å². The zero-order chi connectivity index (χ0) is 14.8. The van der Waals surface area contributed by atoms with Crippen molar-refractivity contribution in [3.8, 4) is 5.75 Å². The van der Waals surface area contributed by atoms with Crippen LogP contribution in [-0.4, -0.2) is 31.7 Å². The van der Waals surface area contributed by atoms with Crippen molar-refractivity contribution >= 4 is 11.7 Å². The van der Waals surface area contributed by atoms with Crippen molar-refractivity contribution in [2.24, 2.45) is 0 Å². The monoisotopic (exact) mass is 286 g/mol. The first-order chi connectivity index (χ1) is 10.2. The SMILES string of the molecule is COC(=O)c1cc(CN2CCc3cc(OC)ccc32)c[nH]1. The summed E-state index contributed by atoms with van der Waals surface area (Å²) in [6.45, 7) is 1.74. The second kappa shape index (κ2) is 5.52. The molecule has 1 aliphatic rings. The minimum Gasteiger partial charge on any atom is -0.497 e. The molecule has 0 spiro atoms. The average Bonchev–Trinajstić information content (AvgIpc) is 3.14. The molecule has 2 aromatic rings. The molecule has 0 bridgehead atoms. The zero-order valence-electron chi connectivity index (χ0n) is 12.2. The summed E-state index contributed by atoms with van der Waals surface area (Å²) in [5.74, 6) is 0.554. The Labute approximate surface area is 123 Å². The maximum absolute atomic E-state index is 11.5. The third-order valence-electron chi connectivity index (χ3n) is 3.80. The lowest BCUT2D eigenvalue weighted by molar-refractivity contribution is 0.0595. The van der Waals surface area contributed by atoms with Gasteiger partial charge in [-0.1, -0.05) is 0 Å². The molecule has 5 nitrogen and oxygen atoms in total. The van der Waals surface area contributed by atoms with Crippen LogP contribution >= 0.6 is 0 Å². The minimum absolute atomic E-state index is 0.340. The topological polar surface area (TPSA) is 54.6 Å². The fourth-order valence-corrected chi connectivity index (χ4v) is 2.72. The van der Waals surface area contributed by atoms with Crippen molar-refractivity contribution in [2.75, 3.05) is 25.7 Å². The Kier molecular flexibility index (Phi) is 3.56. The Morgan fingerprint density at radius 1 is 1.33 bits per heavy atom. The van der Waals surface area contributed by atoms with E-state index in [9.17, 15) is 4.79 Å². The van der Waals surface area contributed by atoms with Crippen molar-refractivity contribution in [3.05, 3.63) is 47.3 Å². The van der Waals surface area contributed by atoms with E-state index in [-0.39, 0.29) is 5.97 Å². The standard InChI is InChI=1S/C16H18N2O3/c1-20-13-3-4-15-12(8-13)5-6-18(15)10-11-7-14(17-9-11)16(19)21-2/h3-4,7-9,17H,5-6,10H2,1-2H3. The first-order valence-corrected chi connectivity index (χ1v) is 6.88. The van der Waals surface area contributed by atoms with E-state index < -0.39 is 0 Å². The van der Waals surface area contributed by atoms with E-state index >= 15 is 0 Å². The summed E-state index contributed by atoms with van der Waals surface area (Å²) in [4.78, 5) is 16.7. The van der Waals surface area contributed by atoms with Gasteiger partial charge in [-0.25, -0.2) is 4.79 Å². The highest BCUT2D eigenvalue weighted by molar-refractivity contribution is 5.87. The van der Waals surface area contributed by atoms with Crippen LogP contribution in [0.4, 0.5) is 5.69 Å². The van der Waals surface area contributed by atoms with Crippen molar-refractivity contribution in [2.45, 2.75) is 13.0 Å². The number of H-pyrrole nitrogens is 1. The predicted octanol–water partition coefficient (Wildman–Crippen LogP) is 2.37. The molecule has 5 heteroatoms. The normalized spacial score (nSPS) is 13.1. The fourth-order valence-electron chi connectivity index (χ4n) is 2.72. The Bertz CT molecular complexity index is 663. The number of rotatable bonds is 4. The van der Waals surface area contributed by atoms with E-state index in [4.69, 9.17) is 9.47 Å². The van der Waals surface area contributed by atoms with E-state index in [0.29, 0.717) is 5.69 Å². The van der Waals surface area contributed by atoms with Crippen LogP contribution in [0, 0.1) is 0 Å². The molecule has 1 aromatic carbocycles. The number of carbonyl (C=O) groups is 1. The number of hydrogen-bond acceptors (Lipinski definition) is 4. The first kappa shape index (κ1) is 13.5. The summed E-state index contributed by atoms with van der Waals surface area (Å²) in [6.07, 6.45) is 2.87. The number of esters is 1. The van der Waals surface area contributed by atoms with Crippen molar-refractivity contribution < 1.29 is 14.3 Å². The van der Waals surface area contributed by atoms with Gasteiger partial charge in [0.05, 0.1) is 14.2 Å². The molecule has 0 saturated carbocycles. The minimum atomic E-state index is -0.340. The van der Waals surface area contributed by atoms with Gasteiger partial charge in [0.2, 0.25) is 0 Å². The molecule has 0 atom stereocenters. The van der Waals surface area contributed by atoms with Gasteiger partial charge in [-0.15, -0.1) is 0 Å². The van der Waals surface area contributed by atoms with E-state index in [1.807, 2.05) is 18.3 Å². The van der Waals surface area contributed by atoms with E-state index in [2.05, 4.69) is 22.0 Å². The number of fused-ring (bicyclic) bond motifs is 1. The lowest BCUT2D eigenvalue weighted by Gasteiger charge is -2.18. The largest absolute Gasteiger partial charge is 0.497 e. The molecule has 3 rings (SSSR count). The highest BCUT2D eigenvalue weighted by Crippen LogP contribution is 2.32. The molecule has 1 N–H and O–H groups in total. The lowest BCUT2D eigenvalue weighted by atomic mass is 10.1. The average molecular weight is 286 g/mol. The third kappa shape index (κ3) is 2.59. The third-order valence-corrected chi connectivity index (χ3v) is 3.80. The molecular weight excluding hydrogens is 268 g/mol. The molecule has 0 amide bonds. The predicted molar refractivity (Wildman–Crippen MR) is 79.9 cm³/mol. The Balaban J connectivity index is 1.76. The molecule has 0 unspecified atom stereocenters. The van der Waals surface area contributed by atoms with Crippen molar-refractivity contribution in [1.82, 2.24) is 4.98 Å². The molecule has 1 aliphatic heterocycles. The summed E-state index contributed by atoms with van der Waals surface area (Å²) in [5, 5.41) is 0. The second-order valence-electron chi connectivity index (χ2n) is 5.08. The van der Waals surface area contributed by atoms with Crippen molar-refractivity contribution in [1.29, 1.82) is 0 Å². The Morgan fingerprint density at radius 2 is 2.19 bits per heavy atom. The van der Waals surface area contributed by atoms with Gasteiger partial charge in [-0.05, 0) is 41.8 Å². The molecule has 0 fully saturated rings. The number of ether oxygens (including phenoxy) is 2. The zero-order valence-corrected chi connectivity index (χ0v) is 12.2. The van der Waals surface area contributed by atoms with Crippen LogP contribution in [0.5, 0.6) is 5.75 Å². The van der Waals surface area contributed by atoms with Gasteiger partial charge in [0.15, 0.2) is 0 Å². The van der Waals surface area contributed by atoms with Crippen LogP contribution in [0.15, 0.2) is 30.5 Å². The maximum atomic E-state index is 11.5. The van der Waals surface area contributed by atoms with Crippen molar-refractivity contribution in [3.63, 3.8) is 0 Å². The molecule has 2 heterocycles. The summed E-state index contributed by atoms with van der Waals surface area (Å²) in [6, 6.07) is 8.00. The van der Waals surface area contributed by atoms with Gasteiger partial charge < -0.3 is 19.4 Å². The quantitative estimate of drug-likeness (QED) is 0.877. The smallest absolute Gasteiger partial charge is 0.354 e. The van der Waals surface area contributed by atoms with Gasteiger partial charge in [0.1, 0.15) is 11.4 Å². The second-order valence-corrected chi connectivity index (χ2v) is 5.08. The number of benzene rings is 1. The summed E-state index contributed by atoms with van der Waals surface area (Å²) >= 11 is 0.